The predicted molar refractivity (Wildman–Crippen MR) is 121 cm³/mol. The number of likely N-dealkylation sites (tertiary alicyclic amines) is 2. The van der Waals surface area contributed by atoms with Crippen molar-refractivity contribution in [2.75, 3.05) is 39.0 Å². The summed E-state index contributed by atoms with van der Waals surface area (Å²) in [6.07, 6.45) is 7.61. The molecule has 2 aliphatic heterocycles. The number of hydrogen-bond donors (Lipinski definition) is 0. The maximum absolute atomic E-state index is 12.9. The minimum atomic E-state index is 0.288. The standard InChI is InChI=1S/C23H33N5OS/c1-26-22(24-25-23(26)30-2)20-9-6-12-27(16-20)17-21(29)28-13-10-19(11-14-28)15-18-7-4-3-5-8-18/h3-5,7-8,19-20H,6,9-17H2,1-2H3/t20-/m0/s1. The van der Waals surface area contributed by atoms with Crippen molar-refractivity contribution in [3.63, 3.8) is 0 Å². The highest BCUT2D eigenvalue weighted by Crippen LogP contribution is 2.27. The number of thioether (sulfide) groups is 1. The lowest BCUT2D eigenvalue weighted by atomic mass is 9.90. The van der Waals surface area contributed by atoms with E-state index in [2.05, 4.69) is 54.9 Å². The third-order valence-electron chi connectivity index (χ3n) is 6.62. The van der Waals surface area contributed by atoms with Gasteiger partial charge in [-0.2, -0.15) is 0 Å². The SMILES string of the molecule is CSc1nnc([C@H]2CCCN(CC(=O)N3CCC(Cc4ccccc4)CC3)C2)n1C. The molecule has 1 amide bonds. The van der Waals surface area contributed by atoms with Crippen molar-refractivity contribution in [1.29, 1.82) is 0 Å². The van der Waals surface area contributed by atoms with Crippen molar-refractivity contribution in [2.45, 2.75) is 43.2 Å². The fourth-order valence-corrected chi connectivity index (χ4v) is 5.38. The number of rotatable bonds is 6. The normalized spacial score (nSPS) is 21.1. The van der Waals surface area contributed by atoms with Gasteiger partial charge in [-0.1, -0.05) is 42.1 Å². The largest absolute Gasteiger partial charge is 0.342 e. The fraction of sp³-hybridized carbons (Fsp3) is 0.609. The molecule has 0 spiro atoms. The van der Waals surface area contributed by atoms with Crippen LogP contribution in [0.4, 0.5) is 0 Å². The summed E-state index contributed by atoms with van der Waals surface area (Å²) in [4.78, 5) is 17.3. The van der Waals surface area contributed by atoms with Crippen LogP contribution in [0.2, 0.25) is 0 Å². The Balaban J connectivity index is 1.26. The van der Waals surface area contributed by atoms with E-state index in [-0.39, 0.29) is 5.91 Å². The van der Waals surface area contributed by atoms with Gasteiger partial charge in [-0.05, 0) is 56.4 Å². The van der Waals surface area contributed by atoms with Gasteiger partial charge in [0, 0.05) is 32.6 Å². The van der Waals surface area contributed by atoms with E-state index in [9.17, 15) is 4.79 Å². The van der Waals surface area contributed by atoms with Gasteiger partial charge in [0.1, 0.15) is 5.82 Å². The lowest BCUT2D eigenvalue weighted by molar-refractivity contribution is -0.134. The highest BCUT2D eigenvalue weighted by molar-refractivity contribution is 7.98. The number of hydrogen-bond acceptors (Lipinski definition) is 5. The first kappa shape index (κ1) is 21.4. The smallest absolute Gasteiger partial charge is 0.236 e. The third-order valence-corrected chi connectivity index (χ3v) is 7.34. The summed E-state index contributed by atoms with van der Waals surface area (Å²) in [6.45, 7) is 4.23. The topological polar surface area (TPSA) is 54.3 Å². The monoisotopic (exact) mass is 427 g/mol. The summed E-state index contributed by atoms with van der Waals surface area (Å²) in [5, 5.41) is 9.67. The highest BCUT2D eigenvalue weighted by atomic mass is 32.2. The first-order valence-electron chi connectivity index (χ1n) is 11.1. The molecule has 3 heterocycles. The fourth-order valence-electron chi connectivity index (χ4n) is 4.89. The minimum absolute atomic E-state index is 0.288. The molecule has 1 aromatic carbocycles. The molecule has 0 unspecified atom stereocenters. The second kappa shape index (κ2) is 9.96. The lowest BCUT2D eigenvalue weighted by Gasteiger charge is -2.36. The van der Waals surface area contributed by atoms with Crippen molar-refractivity contribution in [1.82, 2.24) is 24.6 Å². The molecule has 4 rings (SSSR count). The average Bonchev–Trinajstić information content (AvgIpc) is 3.15. The van der Waals surface area contributed by atoms with Crippen LogP contribution in [0, 0.1) is 5.92 Å². The van der Waals surface area contributed by atoms with E-state index in [4.69, 9.17) is 0 Å². The molecular formula is C23H33N5OS. The molecule has 0 bridgehead atoms. The van der Waals surface area contributed by atoms with Gasteiger partial charge in [-0.25, -0.2) is 0 Å². The minimum Gasteiger partial charge on any atom is -0.342 e. The molecule has 1 aromatic heterocycles. The molecule has 30 heavy (non-hydrogen) atoms. The Hall–Kier alpha value is -1.86. The van der Waals surface area contributed by atoms with Gasteiger partial charge in [0.15, 0.2) is 5.16 Å². The molecule has 2 fully saturated rings. The van der Waals surface area contributed by atoms with Gasteiger partial charge < -0.3 is 9.47 Å². The van der Waals surface area contributed by atoms with Crippen molar-refractivity contribution >= 4 is 17.7 Å². The van der Waals surface area contributed by atoms with Gasteiger partial charge in [0.2, 0.25) is 5.91 Å². The predicted octanol–water partition coefficient (Wildman–Crippen LogP) is 3.20. The zero-order valence-electron chi connectivity index (χ0n) is 18.2. The van der Waals surface area contributed by atoms with Crippen molar-refractivity contribution in [3.8, 4) is 0 Å². The number of amides is 1. The van der Waals surface area contributed by atoms with Gasteiger partial charge >= 0.3 is 0 Å². The maximum atomic E-state index is 12.9. The molecule has 0 saturated carbocycles. The molecule has 0 aliphatic carbocycles. The first-order valence-corrected chi connectivity index (χ1v) is 12.3. The second-order valence-electron chi connectivity index (χ2n) is 8.69. The van der Waals surface area contributed by atoms with Crippen LogP contribution in [0.3, 0.4) is 0 Å². The van der Waals surface area contributed by atoms with E-state index in [1.54, 1.807) is 11.8 Å². The number of piperidine rings is 2. The maximum Gasteiger partial charge on any atom is 0.236 e. The van der Waals surface area contributed by atoms with Crippen LogP contribution >= 0.6 is 11.8 Å². The van der Waals surface area contributed by atoms with Crippen molar-refractivity contribution in [3.05, 3.63) is 41.7 Å². The molecule has 1 atom stereocenters. The van der Waals surface area contributed by atoms with E-state index >= 15 is 0 Å². The van der Waals surface area contributed by atoms with Crippen LogP contribution in [0.1, 0.15) is 43.0 Å². The third kappa shape index (κ3) is 5.06. The highest BCUT2D eigenvalue weighted by Gasteiger charge is 2.29. The molecule has 6 nitrogen and oxygen atoms in total. The summed E-state index contributed by atoms with van der Waals surface area (Å²) < 4.78 is 2.11. The van der Waals surface area contributed by atoms with Crippen LogP contribution in [0.5, 0.6) is 0 Å². The Kier molecular flexibility index (Phi) is 7.10. The van der Waals surface area contributed by atoms with Gasteiger partial charge in [-0.3, -0.25) is 9.69 Å². The Morgan fingerprint density at radius 1 is 1.10 bits per heavy atom. The lowest BCUT2D eigenvalue weighted by Crippen LogP contribution is -2.46. The first-order chi connectivity index (χ1) is 14.6. The molecule has 7 heteroatoms. The second-order valence-corrected chi connectivity index (χ2v) is 9.47. The van der Waals surface area contributed by atoms with E-state index in [1.807, 2.05) is 13.3 Å². The number of benzene rings is 1. The van der Waals surface area contributed by atoms with Crippen LogP contribution in [0.25, 0.3) is 0 Å². The summed E-state index contributed by atoms with van der Waals surface area (Å²) in [6, 6.07) is 10.7. The number of aromatic nitrogens is 3. The quantitative estimate of drug-likeness (QED) is 0.663. The van der Waals surface area contributed by atoms with Crippen LogP contribution in [-0.4, -0.2) is 69.5 Å². The van der Waals surface area contributed by atoms with Crippen molar-refractivity contribution < 1.29 is 4.79 Å². The molecule has 2 aliphatic rings. The van der Waals surface area contributed by atoms with E-state index in [0.29, 0.717) is 18.4 Å². The summed E-state index contributed by atoms with van der Waals surface area (Å²) in [5.41, 5.74) is 1.41. The zero-order valence-corrected chi connectivity index (χ0v) is 19.0. The number of carbonyl (C=O) groups excluding carboxylic acids is 1. The van der Waals surface area contributed by atoms with Crippen molar-refractivity contribution in [2.24, 2.45) is 13.0 Å². The summed E-state index contributed by atoms with van der Waals surface area (Å²) in [7, 11) is 2.05. The Labute approximate surface area is 184 Å². The number of nitrogens with zero attached hydrogens (tertiary/aromatic N) is 5. The van der Waals surface area contributed by atoms with E-state index in [1.165, 1.54) is 5.56 Å². The molecule has 162 valence electrons. The summed E-state index contributed by atoms with van der Waals surface area (Å²) in [5.74, 6) is 2.40. The molecule has 2 aromatic rings. The molecule has 0 radical (unpaired) electrons. The van der Waals surface area contributed by atoms with Crippen LogP contribution in [-0.2, 0) is 18.3 Å². The number of carbonyl (C=O) groups is 1. The van der Waals surface area contributed by atoms with E-state index < -0.39 is 0 Å². The molecule has 0 N–H and O–H groups in total. The Bertz CT molecular complexity index is 831. The van der Waals surface area contributed by atoms with Gasteiger partial charge in [0.05, 0.1) is 6.54 Å². The van der Waals surface area contributed by atoms with Crippen LogP contribution in [0.15, 0.2) is 35.5 Å². The average molecular weight is 428 g/mol. The zero-order chi connectivity index (χ0) is 20.9. The Morgan fingerprint density at radius 3 is 2.57 bits per heavy atom. The van der Waals surface area contributed by atoms with Gasteiger partial charge in [-0.15, -0.1) is 10.2 Å². The molecule has 2 saturated heterocycles. The Morgan fingerprint density at radius 2 is 1.87 bits per heavy atom. The van der Waals surface area contributed by atoms with E-state index in [0.717, 1.165) is 69.3 Å². The summed E-state index contributed by atoms with van der Waals surface area (Å²) >= 11 is 1.63. The van der Waals surface area contributed by atoms with Gasteiger partial charge in [0.25, 0.3) is 0 Å². The van der Waals surface area contributed by atoms with Crippen LogP contribution < -0.4 is 0 Å². The molecular weight excluding hydrogens is 394 g/mol.